The Labute approximate surface area is 131 Å². The molecular weight excluding hydrogens is 311 g/mol. The summed E-state index contributed by atoms with van der Waals surface area (Å²) in [4.78, 5) is 4.28. The zero-order chi connectivity index (χ0) is 16.4. The summed E-state index contributed by atoms with van der Waals surface area (Å²) in [5, 5.41) is 10.1. The zero-order valence-corrected chi connectivity index (χ0v) is 12.6. The Kier molecular flexibility index (Phi) is 4.51. The molecule has 1 aliphatic heterocycles. The number of ether oxygens (including phenoxy) is 1. The Morgan fingerprint density at radius 3 is 3.04 bits per heavy atom. The molecule has 0 aromatic carbocycles. The second kappa shape index (κ2) is 6.42. The summed E-state index contributed by atoms with van der Waals surface area (Å²) in [5.74, 6) is 0. The van der Waals surface area contributed by atoms with E-state index < -0.39 is 18.4 Å². The van der Waals surface area contributed by atoms with Crippen LogP contribution in [0.15, 0.2) is 18.5 Å². The van der Waals surface area contributed by atoms with Gasteiger partial charge in [-0.1, -0.05) is 0 Å². The Balaban J connectivity index is 1.52. The Morgan fingerprint density at radius 2 is 2.26 bits per heavy atom. The van der Waals surface area contributed by atoms with Crippen LogP contribution >= 0.6 is 0 Å². The van der Waals surface area contributed by atoms with Crippen LogP contribution in [0.5, 0.6) is 0 Å². The van der Waals surface area contributed by atoms with E-state index in [1.807, 2.05) is 19.2 Å². The highest BCUT2D eigenvalue weighted by atomic mass is 19.4. The number of rotatable bonds is 4. The summed E-state index contributed by atoms with van der Waals surface area (Å²) >= 11 is 0. The number of hydrogen-bond acceptors (Lipinski definition) is 5. The first kappa shape index (κ1) is 16.2. The molecule has 2 aromatic heterocycles. The maximum atomic E-state index is 12.6. The summed E-state index contributed by atoms with van der Waals surface area (Å²) in [5.41, 5.74) is 2.54. The van der Waals surface area contributed by atoms with Gasteiger partial charge in [-0.05, 0) is 6.92 Å². The van der Waals surface area contributed by atoms with Crippen molar-refractivity contribution < 1.29 is 17.9 Å². The van der Waals surface area contributed by atoms with Crippen molar-refractivity contribution in [3.8, 4) is 0 Å². The summed E-state index contributed by atoms with van der Waals surface area (Å²) in [6.07, 6.45) is -3.02. The fourth-order valence-electron chi connectivity index (χ4n) is 2.52. The van der Waals surface area contributed by atoms with Crippen LogP contribution in [0.3, 0.4) is 0 Å². The number of alkyl halides is 3. The average molecular weight is 329 g/mol. The fraction of sp³-hybridized carbons (Fsp3) is 0.571. The third-order valence-corrected chi connectivity index (χ3v) is 3.61. The van der Waals surface area contributed by atoms with Crippen molar-refractivity contribution in [2.45, 2.75) is 31.9 Å². The number of fused-ring (bicyclic) bond motifs is 1. The van der Waals surface area contributed by atoms with Crippen molar-refractivity contribution in [1.29, 1.82) is 0 Å². The molecule has 3 rings (SSSR count). The van der Waals surface area contributed by atoms with Gasteiger partial charge in [0.2, 0.25) is 0 Å². The molecule has 1 fully saturated rings. The summed E-state index contributed by atoms with van der Waals surface area (Å²) in [6.45, 7) is 2.90. The van der Waals surface area contributed by atoms with Crippen LogP contribution in [0.4, 0.5) is 13.2 Å². The van der Waals surface area contributed by atoms with Gasteiger partial charge in [-0.3, -0.25) is 0 Å². The van der Waals surface area contributed by atoms with Crippen LogP contribution in [0.2, 0.25) is 0 Å². The van der Waals surface area contributed by atoms with Crippen LogP contribution < -0.4 is 10.6 Å². The molecule has 1 saturated heterocycles. The van der Waals surface area contributed by atoms with Crippen LogP contribution in [0.1, 0.15) is 11.3 Å². The average Bonchev–Trinajstić information content (AvgIpc) is 2.86. The Bertz CT molecular complexity index is 672. The van der Waals surface area contributed by atoms with Gasteiger partial charge in [0.15, 0.2) is 11.8 Å². The molecular formula is C14H18F3N5O. The van der Waals surface area contributed by atoms with Crippen LogP contribution in [0, 0.1) is 6.92 Å². The van der Waals surface area contributed by atoms with E-state index in [1.165, 1.54) is 0 Å². The van der Waals surface area contributed by atoms with Crippen molar-refractivity contribution in [3.05, 3.63) is 29.7 Å². The lowest BCUT2D eigenvalue weighted by Gasteiger charge is -2.32. The molecule has 0 aliphatic carbocycles. The van der Waals surface area contributed by atoms with Crippen molar-refractivity contribution in [1.82, 2.24) is 25.2 Å². The number of aromatic nitrogens is 3. The van der Waals surface area contributed by atoms with E-state index >= 15 is 0 Å². The predicted octanol–water partition coefficient (Wildman–Crippen LogP) is 1.05. The summed E-state index contributed by atoms with van der Waals surface area (Å²) in [7, 11) is 0. The molecule has 23 heavy (non-hydrogen) atoms. The minimum Gasteiger partial charge on any atom is -0.362 e. The first-order chi connectivity index (χ1) is 10.9. The molecule has 0 saturated carbocycles. The number of halogens is 3. The Hall–Kier alpha value is -1.71. The van der Waals surface area contributed by atoms with E-state index in [-0.39, 0.29) is 6.54 Å². The summed E-state index contributed by atoms with van der Waals surface area (Å²) in [6, 6.07) is 1.87. The number of nitrogens with one attached hydrogen (secondary N) is 2. The first-order valence-corrected chi connectivity index (χ1v) is 7.36. The van der Waals surface area contributed by atoms with Crippen LogP contribution in [0.25, 0.3) is 5.65 Å². The molecule has 1 aliphatic rings. The van der Waals surface area contributed by atoms with Crippen molar-refractivity contribution in [2.75, 3.05) is 19.6 Å². The van der Waals surface area contributed by atoms with Gasteiger partial charge in [0.25, 0.3) is 0 Å². The fourth-order valence-corrected chi connectivity index (χ4v) is 2.52. The molecule has 2 N–H and O–H groups in total. The van der Waals surface area contributed by atoms with E-state index in [4.69, 9.17) is 4.74 Å². The minimum absolute atomic E-state index is 0.195. The molecule has 2 atom stereocenters. The van der Waals surface area contributed by atoms with Crippen molar-refractivity contribution in [3.63, 3.8) is 0 Å². The molecule has 3 heterocycles. The smallest absolute Gasteiger partial charge is 0.362 e. The molecule has 2 aromatic rings. The third kappa shape index (κ3) is 3.98. The lowest BCUT2D eigenvalue weighted by molar-refractivity contribution is -0.238. The first-order valence-electron chi connectivity index (χ1n) is 7.36. The van der Waals surface area contributed by atoms with Gasteiger partial charge in [0.1, 0.15) is 0 Å². The number of nitrogens with zero attached hydrogens (tertiary/aromatic N) is 3. The van der Waals surface area contributed by atoms with Crippen LogP contribution in [-0.2, 0) is 11.3 Å². The van der Waals surface area contributed by atoms with Crippen molar-refractivity contribution >= 4 is 5.65 Å². The van der Waals surface area contributed by atoms with Gasteiger partial charge in [-0.2, -0.15) is 18.3 Å². The van der Waals surface area contributed by atoms with Gasteiger partial charge >= 0.3 is 6.18 Å². The van der Waals surface area contributed by atoms with Gasteiger partial charge < -0.3 is 15.4 Å². The quantitative estimate of drug-likeness (QED) is 0.878. The standard InChI is InChI=1S/C14H18F3N5O/c1-9-2-13-20-4-10(8-22(13)21-9)3-18-5-11-6-19-7-12(23-11)14(15,16)17/h2,4,8,11-12,18-19H,3,5-7H2,1H3. The molecule has 6 nitrogen and oxygen atoms in total. The summed E-state index contributed by atoms with van der Waals surface area (Å²) < 4.78 is 44.7. The van der Waals surface area contributed by atoms with Gasteiger partial charge in [0, 0.05) is 50.2 Å². The highest BCUT2D eigenvalue weighted by Gasteiger charge is 2.43. The topological polar surface area (TPSA) is 63.5 Å². The SMILES string of the molecule is Cc1cc2ncc(CNCC3CNCC(C(F)(F)F)O3)cn2n1. The van der Waals surface area contributed by atoms with Gasteiger partial charge in [-0.25, -0.2) is 9.50 Å². The van der Waals surface area contributed by atoms with Gasteiger partial charge in [0.05, 0.1) is 11.8 Å². The Morgan fingerprint density at radius 1 is 1.43 bits per heavy atom. The monoisotopic (exact) mass is 329 g/mol. The van der Waals surface area contributed by atoms with Gasteiger partial charge in [-0.15, -0.1) is 0 Å². The number of aryl methyl sites for hydroxylation is 1. The van der Waals surface area contributed by atoms with E-state index in [0.29, 0.717) is 19.6 Å². The van der Waals surface area contributed by atoms with E-state index in [2.05, 4.69) is 20.7 Å². The minimum atomic E-state index is -4.33. The maximum Gasteiger partial charge on any atom is 0.415 e. The maximum absolute atomic E-state index is 12.6. The molecule has 2 unspecified atom stereocenters. The molecule has 0 spiro atoms. The molecule has 9 heteroatoms. The predicted molar refractivity (Wildman–Crippen MR) is 77.0 cm³/mol. The van der Waals surface area contributed by atoms with E-state index in [9.17, 15) is 13.2 Å². The number of morpholine rings is 1. The second-order valence-corrected chi connectivity index (χ2v) is 5.63. The zero-order valence-electron chi connectivity index (χ0n) is 12.6. The highest BCUT2D eigenvalue weighted by molar-refractivity contribution is 5.38. The lowest BCUT2D eigenvalue weighted by Crippen LogP contribution is -2.53. The van der Waals surface area contributed by atoms with Crippen molar-refractivity contribution in [2.24, 2.45) is 0 Å². The molecule has 0 amide bonds. The third-order valence-electron chi connectivity index (χ3n) is 3.61. The normalized spacial score (nSPS) is 22.6. The molecule has 0 radical (unpaired) electrons. The highest BCUT2D eigenvalue weighted by Crippen LogP contribution is 2.24. The lowest BCUT2D eigenvalue weighted by atomic mass is 10.2. The van der Waals surface area contributed by atoms with E-state index in [1.54, 1.807) is 10.7 Å². The number of hydrogen-bond donors (Lipinski definition) is 2. The largest absolute Gasteiger partial charge is 0.415 e. The molecule has 126 valence electrons. The molecule has 0 bridgehead atoms. The van der Waals surface area contributed by atoms with Crippen LogP contribution in [-0.4, -0.2) is 52.6 Å². The second-order valence-electron chi connectivity index (χ2n) is 5.63. The van der Waals surface area contributed by atoms with E-state index in [0.717, 1.165) is 16.9 Å².